The summed E-state index contributed by atoms with van der Waals surface area (Å²) in [4.78, 5) is 16.7. The molecule has 2 aromatic rings. The third-order valence-corrected chi connectivity index (χ3v) is 5.10. The summed E-state index contributed by atoms with van der Waals surface area (Å²) in [5.74, 6) is 1.25. The molecule has 2 aliphatic rings. The standard InChI is InChI=1S/C18H23N3O4/c22-11-18(5-7-24-8-6-18)10-19-17(23)20-13-3-4-14-15(9-13)25-16(21-14)12-1-2-12/h3-4,9,12,22H,1-2,5-8,10-11H2,(H2,19,20,23). The molecule has 0 unspecified atom stereocenters. The zero-order chi connectivity index (χ0) is 17.3. The van der Waals surface area contributed by atoms with Gasteiger partial charge in [-0.25, -0.2) is 9.78 Å². The Hall–Kier alpha value is -2.12. The first-order chi connectivity index (χ1) is 12.2. The molecule has 0 spiro atoms. The molecule has 1 aliphatic carbocycles. The van der Waals surface area contributed by atoms with Gasteiger partial charge in [0.1, 0.15) is 5.52 Å². The fourth-order valence-electron chi connectivity index (χ4n) is 3.16. The van der Waals surface area contributed by atoms with E-state index in [1.807, 2.05) is 12.1 Å². The second-order valence-corrected chi connectivity index (χ2v) is 7.09. The van der Waals surface area contributed by atoms with Crippen molar-refractivity contribution in [3.63, 3.8) is 0 Å². The lowest BCUT2D eigenvalue weighted by atomic mass is 9.81. The van der Waals surface area contributed by atoms with Crippen molar-refractivity contribution in [2.75, 3.05) is 31.7 Å². The van der Waals surface area contributed by atoms with Crippen molar-refractivity contribution < 1.29 is 19.1 Å². The quantitative estimate of drug-likeness (QED) is 0.774. The normalized spacial score (nSPS) is 19.7. The topological polar surface area (TPSA) is 96.6 Å². The number of carbonyl (C=O) groups is 1. The van der Waals surface area contributed by atoms with Gasteiger partial charge in [0.05, 0.1) is 6.61 Å². The van der Waals surface area contributed by atoms with Crippen LogP contribution in [0.25, 0.3) is 11.1 Å². The van der Waals surface area contributed by atoms with Crippen LogP contribution in [0.1, 0.15) is 37.5 Å². The number of aliphatic hydroxyl groups is 1. The number of aromatic nitrogens is 1. The summed E-state index contributed by atoms with van der Waals surface area (Å²) in [7, 11) is 0. The second-order valence-electron chi connectivity index (χ2n) is 7.09. The molecular formula is C18H23N3O4. The van der Waals surface area contributed by atoms with E-state index < -0.39 is 0 Å². The third-order valence-electron chi connectivity index (χ3n) is 5.10. The molecule has 1 aromatic heterocycles. The lowest BCUT2D eigenvalue weighted by molar-refractivity contribution is -0.0136. The predicted octanol–water partition coefficient (Wildman–Crippen LogP) is 2.62. The van der Waals surface area contributed by atoms with E-state index in [1.54, 1.807) is 6.07 Å². The van der Waals surface area contributed by atoms with Crippen LogP contribution in [0, 0.1) is 5.41 Å². The largest absolute Gasteiger partial charge is 0.440 e. The predicted molar refractivity (Wildman–Crippen MR) is 92.6 cm³/mol. The van der Waals surface area contributed by atoms with Gasteiger partial charge in [0.25, 0.3) is 0 Å². The number of aliphatic hydroxyl groups excluding tert-OH is 1. The van der Waals surface area contributed by atoms with Crippen LogP contribution < -0.4 is 10.6 Å². The molecular weight excluding hydrogens is 322 g/mol. The Morgan fingerprint density at radius 1 is 1.32 bits per heavy atom. The van der Waals surface area contributed by atoms with Crippen LogP contribution in [0.4, 0.5) is 10.5 Å². The molecule has 0 bridgehead atoms. The molecule has 7 heteroatoms. The Morgan fingerprint density at radius 2 is 2.12 bits per heavy atom. The van der Waals surface area contributed by atoms with Crippen molar-refractivity contribution in [3.8, 4) is 0 Å². The first-order valence-corrected chi connectivity index (χ1v) is 8.81. The van der Waals surface area contributed by atoms with Gasteiger partial charge in [-0.2, -0.15) is 0 Å². The van der Waals surface area contributed by atoms with E-state index in [4.69, 9.17) is 9.15 Å². The Labute approximate surface area is 145 Å². The van der Waals surface area contributed by atoms with E-state index in [0.29, 0.717) is 36.9 Å². The zero-order valence-corrected chi connectivity index (χ0v) is 14.1. The summed E-state index contributed by atoms with van der Waals surface area (Å²) in [5, 5.41) is 15.3. The van der Waals surface area contributed by atoms with Crippen LogP contribution in [-0.4, -0.2) is 42.5 Å². The van der Waals surface area contributed by atoms with Crippen LogP contribution in [0.2, 0.25) is 0 Å². The lowest BCUT2D eigenvalue weighted by Gasteiger charge is -2.35. The van der Waals surface area contributed by atoms with E-state index in [1.165, 1.54) is 0 Å². The monoisotopic (exact) mass is 345 g/mol. The minimum absolute atomic E-state index is 0.0462. The number of hydrogen-bond acceptors (Lipinski definition) is 5. The molecule has 0 radical (unpaired) electrons. The average molecular weight is 345 g/mol. The summed E-state index contributed by atoms with van der Waals surface area (Å²) in [6, 6.07) is 5.18. The van der Waals surface area contributed by atoms with Gasteiger partial charge < -0.3 is 24.9 Å². The van der Waals surface area contributed by atoms with Crippen LogP contribution in [0.5, 0.6) is 0 Å². The molecule has 1 aliphatic heterocycles. The van der Waals surface area contributed by atoms with Crippen molar-refractivity contribution in [1.29, 1.82) is 0 Å². The first kappa shape index (κ1) is 16.4. The Morgan fingerprint density at radius 3 is 2.84 bits per heavy atom. The fraction of sp³-hybridized carbons (Fsp3) is 0.556. The van der Waals surface area contributed by atoms with E-state index in [2.05, 4.69) is 15.6 Å². The molecule has 4 rings (SSSR count). The highest BCUT2D eigenvalue weighted by molar-refractivity contribution is 5.91. The highest BCUT2D eigenvalue weighted by Crippen LogP contribution is 2.40. The molecule has 1 saturated carbocycles. The summed E-state index contributed by atoms with van der Waals surface area (Å²) < 4.78 is 11.1. The lowest BCUT2D eigenvalue weighted by Crippen LogP contribution is -2.44. The molecule has 25 heavy (non-hydrogen) atoms. The Bertz CT molecular complexity index is 763. The number of ether oxygens (including phenoxy) is 1. The van der Waals surface area contributed by atoms with E-state index >= 15 is 0 Å². The van der Waals surface area contributed by atoms with Gasteiger partial charge in [-0.1, -0.05) is 0 Å². The average Bonchev–Trinajstić information content (AvgIpc) is 3.40. The molecule has 0 atom stereocenters. The number of oxazole rings is 1. The maximum atomic E-state index is 12.2. The molecule has 3 N–H and O–H groups in total. The van der Waals surface area contributed by atoms with E-state index in [0.717, 1.165) is 37.1 Å². The van der Waals surface area contributed by atoms with E-state index in [9.17, 15) is 9.90 Å². The number of urea groups is 1. The molecule has 1 saturated heterocycles. The van der Waals surface area contributed by atoms with Gasteiger partial charge in [-0.3, -0.25) is 0 Å². The molecule has 2 heterocycles. The maximum absolute atomic E-state index is 12.2. The number of amides is 2. The fourth-order valence-corrected chi connectivity index (χ4v) is 3.16. The summed E-state index contributed by atoms with van der Waals surface area (Å²) in [6.45, 7) is 1.71. The van der Waals surface area contributed by atoms with Crippen LogP contribution in [0.15, 0.2) is 22.6 Å². The first-order valence-electron chi connectivity index (χ1n) is 8.81. The second kappa shape index (κ2) is 6.65. The smallest absolute Gasteiger partial charge is 0.319 e. The SMILES string of the molecule is O=C(NCC1(CO)CCOCC1)Nc1ccc2nc(C3CC3)oc2c1. The van der Waals surface area contributed by atoms with Crippen molar-refractivity contribution in [3.05, 3.63) is 24.1 Å². The number of benzene rings is 1. The maximum Gasteiger partial charge on any atom is 0.319 e. The molecule has 1 aromatic carbocycles. The number of nitrogens with zero attached hydrogens (tertiary/aromatic N) is 1. The zero-order valence-electron chi connectivity index (χ0n) is 14.1. The summed E-state index contributed by atoms with van der Waals surface area (Å²) in [6.07, 6.45) is 3.77. The minimum Gasteiger partial charge on any atom is -0.440 e. The number of carbonyl (C=O) groups excluding carboxylic acids is 1. The van der Waals surface area contributed by atoms with Gasteiger partial charge in [0, 0.05) is 42.8 Å². The molecule has 7 nitrogen and oxygen atoms in total. The van der Waals surface area contributed by atoms with Gasteiger partial charge in [-0.15, -0.1) is 0 Å². The van der Waals surface area contributed by atoms with Gasteiger partial charge in [0.15, 0.2) is 11.5 Å². The van der Waals surface area contributed by atoms with Gasteiger partial charge in [-0.05, 0) is 37.8 Å². The number of nitrogens with one attached hydrogen (secondary N) is 2. The number of anilines is 1. The van der Waals surface area contributed by atoms with Crippen molar-refractivity contribution in [2.45, 2.75) is 31.6 Å². The molecule has 2 amide bonds. The van der Waals surface area contributed by atoms with Crippen molar-refractivity contribution in [1.82, 2.24) is 10.3 Å². The molecule has 2 fully saturated rings. The third kappa shape index (κ3) is 3.62. The molecule has 134 valence electrons. The van der Waals surface area contributed by atoms with Crippen LogP contribution >= 0.6 is 0 Å². The Balaban J connectivity index is 1.37. The van der Waals surface area contributed by atoms with Crippen LogP contribution in [-0.2, 0) is 4.74 Å². The number of fused-ring (bicyclic) bond motifs is 1. The summed E-state index contributed by atoms with van der Waals surface area (Å²) >= 11 is 0. The highest BCUT2D eigenvalue weighted by Gasteiger charge is 2.32. The minimum atomic E-state index is -0.291. The van der Waals surface area contributed by atoms with Crippen molar-refractivity contribution >= 4 is 22.8 Å². The van der Waals surface area contributed by atoms with Crippen LogP contribution in [0.3, 0.4) is 0 Å². The van der Waals surface area contributed by atoms with Crippen molar-refractivity contribution in [2.24, 2.45) is 5.41 Å². The number of hydrogen-bond donors (Lipinski definition) is 3. The van der Waals surface area contributed by atoms with E-state index in [-0.39, 0.29) is 18.1 Å². The number of rotatable bonds is 5. The van der Waals surface area contributed by atoms with Gasteiger partial charge >= 0.3 is 6.03 Å². The van der Waals surface area contributed by atoms with Gasteiger partial charge in [0.2, 0.25) is 0 Å². The Kier molecular flexibility index (Phi) is 4.35. The highest BCUT2D eigenvalue weighted by atomic mass is 16.5. The summed E-state index contributed by atoms with van der Waals surface area (Å²) in [5.41, 5.74) is 1.88.